The van der Waals surface area contributed by atoms with E-state index in [2.05, 4.69) is 15.6 Å². The zero-order valence-corrected chi connectivity index (χ0v) is 15.7. The molecular formula is C18H28N4O4. The maximum atomic E-state index is 12.4. The molecule has 0 radical (unpaired) electrons. The van der Waals surface area contributed by atoms with E-state index in [-0.39, 0.29) is 24.1 Å². The molecule has 1 saturated heterocycles. The van der Waals surface area contributed by atoms with Gasteiger partial charge in [-0.1, -0.05) is 0 Å². The quantitative estimate of drug-likeness (QED) is 0.826. The maximum absolute atomic E-state index is 12.4. The lowest BCUT2D eigenvalue weighted by Crippen LogP contribution is -2.60. The number of ether oxygens (including phenoxy) is 1. The third-order valence-corrected chi connectivity index (χ3v) is 5.18. The molecule has 26 heavy (non-hydrogen) atoms. The Morgan fingerprint density at radius 1 is 1.19 bits per heavy atom. The van der Waals surface area contributed by atoms with Crippen LogP contribution < -0.4 is 10.6 Å². The number of hydrogen-bond donors (Lipinski definition) is 2. The Morgan fingerprint density at radius 3 is 2.42 bits per heavy atom. The van der Waals surface area contributed by atoms with Crippen LogP contribution in [0.4, 0.5) is 4.79 Å². The molecule has 1 aliphatic heterocycles. The van der Waals surface area contributed by atoms with Gasteiger partial charge in [0.15, 0.2) is 11.6 Å². The zero-order chi connectivity index (χ0) is 18.7. The smallest absolute Gasteiger partial charge is 0.409 e. The molecule has 2 heterocycles. The molecule has 1 aliphatic carbocycles. The highest BCUT2D eigenvalue weighted by atomic mass is 16.6. The summed E-state index contributed by atoms with van der Waals surface area (Å²) in [5, 5.41) is 6.70. The molecule has 0 bridgehead atoms. The van der Waals surface area contributed by atoms with E-state index in [0.29, 0.717) is 43.1 Å². The lowest BCUT2D eigenvalue weighted by atomic mass is 9.85. The van der Waals surface area contributed by atoms with Crippen LogP contribution in [0.15, 0.2) is 4.42 Å². The van der Waals surface area contributed by atoms with Crippen molar-refractivity contribution in [2.75, 3.05) is 19.7 Å². The van der Waals surface area contributed by atoms with Crippen molar-refractivity contribution >= 4 is 12.0 Å². The van der Waals surface area contributed by atoms with Crippen LogP contribution in [0.5, 0.6) is 0 Å². The average molecular weight is 364 g/mol. The predicted octanol–water partition coefficient (Wildman–Crippen LogP) is 1.76. The molecule has 2 fully saturated rings. The number of amides is 2. The Labute approximate surface area is 153 Å². The number of aryl methyl sites for hydroxylation is 2. The number of oxazole rings is 1. The van der Waals surface area contributed by atoms with Gasteiger partial charge < -0.3 is 24.7 Å². The number of likely N-dealkylation sites (tertiary alicyclic amines) is 1. The fourth-order valence-electron chi connectivity index (χ4n) is 3.59. The molecule has 2 amide bonds. The standard InChI is InChI=1S/C18H28N4O4/c1-4-25-18(24)22-9-7-13(8-10-22)20-14-5-6-15(14)21-17(23)16-11(2)26-12(3)19-16/h13-15,20H,4-10H2,1-3H3,(H,21,23)/t14-,15+/m1/s1. The molecule has 3 rings (SSSR count). The molecular weight excluding hydrogens is 336 g/mol. The van der Waals surface area contributed by atoms with Gasteiger partial charge in [0.1, 0.15) is 5.76 Å². The van der Waals surface area contributed by atoms with Crippen molar-refractivity contribution < 1.29 is 18.7 Å². The number of aromatic nitrogens is 1. The lowest BCUT2D eigenvalue weighted by molar-refractivity contribution is 0.0835. The van der Waals surface area contributed by atoms with E-state index in [0.717, 1.165) is 25.7 Å². The molecule has 8 heteroatoms. The Bertz CT molecular complexity index is 652. The summed E-state index contributed by atoms with van der Waals surface area (Å²) >= 11 is 0. The first kappa shape index (κ1) is 18.7. The minimum absolute atomic E-state index is 0.113. The van der Waals surface area contributed by atoms with Crippen molar-refractivity contribution in [1.29, 1.82) is 0 Å². The van der Waals surface area contributed by atoms with Gasteiger partial charge in [-0.15, -0.1) is 0 Å². The molecule has 2 aliphatic rings. The summed E-state index contributed by atoms with van der Waals surface area (Å²) in [7, 11) is 0. The van der Waals surface area contributed by atoms with E-state index in [1.807, 2.05) is 6.92 Å². The van der Waals surface area contributed by atoms with Gasteiger partial charge in [-0.25, -0.2) is 9.78 Å². The van der Waals surface area contributed by atoms with E-state index in [4.69, 9.17) is 9.15 Å². The first-order valence-corrected chi connectivity index (χ1v) is 9.40. The van der Waals surface area contributed by atoms with Crippen LogP contribution in [-0.4, -0.2) is 59.7 Å². The normalized spacial score (nSPS) is 23.4. The SMILES string of the molecule is CCOC(=O)N1CCC(N[C@@H]2CC[C@@H]2NC(=O)c2nc(C)oc2C)CC1. The third kappa shape index (κ3) is 4.17. The van der Waals surface area contributed by atoms with Crippen molar-refractivity contribution in [3.8, 4) is 0 Å². The second-order valence-corrected chi connectivity index (χ2v) is 7.03. The van der Waals surface area contributed by atoms with Gasteiger partial charge in [0, 0.05) is 38.1 Å². The number of piperidine rings is 1. The van der Waals surface area contributed by atoms with E-state index >= 15 is 0 Å². The summed E-state index contributed by atoms with van der Waals surface area (Å²) in [6.07, 6.45) is 3.58. The maximum Gasteiger partial charge on any atom is 0.409 e. The summed E-state index contributed by atoms with van der Waals surface area (Å²) in [6, 6.07) is 0.745. The molecule has 1 saturated carbocycles. The Kier molecular flexibility index (Phi) is 5.80. The van der Waals surface area contributed by atoms with Crippen LogP contribution in [0.3, 0.4) is 0 Å². The van der Waals surface area contributed by atoms with E-state index in [1.165, 1.54) is 0 Å². The van der Waals surface area contributed by atoms with Crippen molar-refractivity contribution in [1.82, 2.24) is 20.5 Å². The van der Waals surface area contributed by atoms with Crippen molar-refractivity contribution in [3.05, 3.63) is 17.3 Å². The molecule has 1 aromatic heterocycles. The van der Waals surface area contributed by atoms with Crippen LogP contribution in [0.25, 0.3) is 0 Å². The van der Waals surface area contributed by atoms with Crippen molar-refractivity contribution in [3.63, 3.8) is 0 Å². The summed E-state index contributed by atoms with van der Waals surface area (Å²) in [5.74, 6) is 0.882. The van der Waals surface area contributed by atoms with Gasteiger partial charge in [-0.2, -0.15) is 0 Å². The van der Waals surface area contributed by atoms with Gasteiger partial charge in [0.25, 0.3) is 5.91 Å². The topological polar surface area (TPSA) is 96.7 Å². The average Bonchev–Trinajstić information content (AvgIpc) is 2.95. The van der Waals surface area contributed by atoms with Crippen LogP contribution in [0, 0.1) is 13.8 Å². The number of rotatable bonds is 5. The first-order valence-electron chi connectivity index (χ1n) is 9.40. The second-order valence-electron chi connectivity index (χ2n) is 7.03. The van der Waals surface area contributed by atoms with Gasteiger partial charge >= 0.3 is 6.09 Å². The predicted molar refractivity (Wildman–Crippen MR) is 95.0 cm³/mol. The van der Waals surface area contributed by atoms with Crippen LogP contribution in [0.2, 0.25) is 0 Å². The second kappa shape index (κ2) is 8.07. The largest absolute Gasteiger partial charge is 0.450 e. The van der Waals surface area contributed by atoms with Gasteiger partial charge in [0.2, 0.25) is 0 Å². The van der Waals surface area contributed by atoms with Crippen LogP contribution in [0.1, 0.15) is 54.7 Å². The molecule has 2 N–H and O–H groups in total. The number of carbonyl (C=O) groups is 2. The highest BCUT2D eigenvalue weighted by Crippen LogP contribution is 2.23. The minimum atomic E-state index is -0.224. The molecule has 0 unspecified atom stereocenters. The summed E-state index contributed by atoms with van der Waals surface area (Å²) in [5.41, 5.74) is 0.371. The minimum Gasteiger partial charge on any atom is -0.450 e. The molecule has 1 aromatic rings. The lowest BCUT2D eigenvalue weighted by Gasteiger charge is -2.42. The summed E-state index contributed by atoms with van der Waals surface area (Å²) in [6.45, 7) is 7.13. The third-order valence-electron chi connectivity index (χ3n) is 5.18. The Balaban J connectivity index is 1.44. The Hall–Kier alpha value is -2.09. The highest BCUT2D eigenvalue weighted by molar-refractivity contribution is 5.93. The fraction of sp³-hybridized carbons (Fsp3) is 0.722. The van der Waals surface area contributed by atoms with Gasteiger partial charge in [0.05, 0.1) is 6.61 Å². The number of nitrogens with zero attached hydrogens (tertiary/aromatic N) is 2. The van der Waals surface area contributed by atoms with Crippen LogP contribution in [-0.2, 0) is 4.74 Å². The number of carbonyl (C=O) groups excluding carboxylic acids is 2. The first-order chi connectivity index (χ1) is 12.5. The van der Waals surface area contributed by atoms with Crippen LogP contribution >= 0.6 is 0 Å². The van der Waals surface area contributed by atoms with Gasteiger partial charge in [-0.3, -0.25) is 4.79 Å². The van der Waals surface area contributed by atoms with E-state index in [9.17, 15) is 9.59 Å². The monoisotopic (exact) mass is 364 g/mol. The molecule has 0 spiro atoms. The highest BCUT2D eigenvalue weighted by Gasteiger charge is 2.35. The number of nitrogens with one attached hydrogen (secondary N) is 2. The summed E-state index contributed by atoms with van der Waals surface area (Å²) < 4.78 is 10.4. The zero-order valence-electron chi connectivity index (χ0n) is 15.7. The van der Waals surface area contributed by atoms with Crippen molar-refractivity contribution in [2.24, 2.45) is 0 Å². The molecule has 144 valence electrons. The van der Waals surface area contributed by atoms with Crippen molar-refractivity contribution in [2.45, 2.75) is 64.6 Å². The van der Waals surface area contributed by atoms with E-state index < -0.39 is 0 Å². The number of hydrogen-bond acceptors (Lipinski definition) is 6. The fourth-order valence-corrected chi connectivity index (χ4v) is 3.59. The summed E-state index contributed by atoms with van der Waals surface area (Å²) in [4.78, 5) is 30.0. The molecule has 8 nitrogen and oxygen atoms in total. The van der Waals surface area contributed by atoms with Gasteiger partial charge in [-0.05, 0) is 39.5 Å². The van der Waals surface area contributed by atoms with E-state index in [1.54, 1.807) is 18.7 Å². The Morgan fingerprint density at radius 2 is 1.88 bits per heavy atom. The molecule has 0 aromatic carbocycles. The molecule has 2 atom stereocenters.